The lowest BCUT2D eigenvalue weighted by Gasteiger charge is -2.08. The zero-order chi connectivity index (χ0) is 18.9. The van der Waals surface area contributed by atoms with Crippen LogP contribution in [-0.2, 0) is 0 Å². The predicted octanol–water partition coefficient (Wildman–Crippen LogP) is 4.87. The number of nitrogens with zero attached hydrogens (tertiary/aromatic N) is 1. The van der Waals surface area contributed by atoms with Crippen LogP contribution in [0.4, 0.5) is 16.2 Å². The van der Waals surface area contributed by atoms with Crippen molar-refractivity contribution >= 4 is 28.5 Å². The summed E-state index contributed by atoms with van der Waals surface area (Å²) in [6.07, 6.45) is 0. The number of hydrogen-bond acceptors (Lipinski definition) is 5. The maximum Gasteiger partial charge on any atom is 0.323 e. The smallest absolute Gasteiger partial charge is 0.323 e. The van der Waals surface area contributed by atoms with Gasteiger partial charge in [0.05, 0.1) is 0 Å². The van der Waals surface area contributed by atoms with Gasteiger partial charge in [0, 0.05) is 23.0 Å². The van der Waals surface area contributed by atoms with Crippen molar-refractivity contribution in [3.05, 3.63) is 66.7 Å². The fourth-order valence-electron chi connectivity index (χ4n) is 2.96. The van der Waals surface area contributed by atoms with Gasteiger partial charge in [0.2, 0.25) is 12.7 Å². The number of amides is 2. The predicted molar refractivity (Wildman–Crippen MR) is 105 cm³/mol. The summed E-state index contributed by atoms with van der Waals surface area (Å²) in [5.41, 5.74) is 3.64. The molecule has 1 aromatic heterocycles. The number of para-hydroxylation sites is 2. The summed E-state index contributed by atoms with van der Waals surface area (Å²) < 4.78 is 16.3. The van der Waals surface area contributed by atoms with Crippen LogP contribution < -0.4 is 20.1 Å². The highest BCUT2D eigenvalue weighted by atomic mass is 16.7. The molecule has 1 aliphatic heterocycles. The minimum atomic E-state index is -0.353. The lowest BCUT2D eigenvalue weighted by molar-refractivity contribution is 0.174. The van der Waals surface area contributed by atoms with E-state index in [2.05, 4.69) is 15.6 Å². The van der Waals surface area contributed by atoms with Gasteiger partial charge >= 0.3 is 6.03 Å². The summed E-state index contributed by atoms with van der Waals surface area (Å²) >= 11 is 0. The van der Waals surface area contributed by atoms with E-state index in [1.54, 1.807) is 30.3 Å². The van der Waals surface area contributed by atoms with Crippen LogP contribution in [0.5, 0.6) is 11.5 Å². The standard InChI is InChI=1S/C21H15N3O4/c25-21(23-15-9-10-18-19(11-15)27-12-26-18)22-14-7-5-13(6-8-14)20-24-16-3-1-2-4-17(16)28-20/h1-11H,12H2,(H2,22,23,25). The molecular weight excluding hydrogens is 358 g/mol. The van der Waals surface area contributed by atoms with Gasteiger partial charge in [-0.1, -0.05) is 12.1 Å². The van der Waals surface area contributed by atoms with Crippen molar-refractivity contribution in [3.8, 4) is 23.0 Å². The van der Waals surface area contributed by atoms with E-state index in [1.165, 1.54) is 0 Å². The van der Waals surface area contributed by atoms with Crippen LogP contribution >= 0.6 is 0 Å². The van der Waals surface area contributed by atoms with Crippen LogP contribution in [0.25, 0.3) is 22.6 Å². The summed E-state index contributed by atoms with van der Waals surface area (Å²) in [6.45, 7) is 0.192. The van der Waals surface area contributed by atoms with Crippen LogP contribution in [0.2, 0.25) is 0 Å². The molecule has 5 rings (SSSR count). The van der Waals surface area contributed by atoms with E-state index in [1.807, 2.05) is 36.4 Å². The van der Waals surface area contributed by atoms with Crippen LogP contribution in [0.1, 0.15) is 0 Å². The molecule has 0 radical (unpaired) electrons. The first-order chi connectivity index (χ1) is 13.7. The number of oxazole rings is 1. The summed E-state index contributed by atoms with van der Waals surface area (Å²) in [5, 5.41) is 5.56. The topological polar surface area (TPSA) is 85.6 Å². The second-order valence-electron chi connectivity index (χ2n) is 6.21. The highest BCUT2D eigenvalue weighted by Gasteiger charge is 2.14. The lowest BCUT2D eigenvalue weighted by Crippen LogP contribution is -2.19. The van der Waals surface area contributed by atoms with Crippen molar-refractivity contribution in [2.75, 3.05) is 17.4 Å². The molecular formula is C21H15N3O4. The number of rotatable bonds is 3. The first-order valence-electron chi connectivity index (χ1n) is 8.68. The third-order valence-corrected chi connectivity index (χ3v) is 4.31. The van der Waals surface area contributed by atoms with Gasteiger partial charge in [0.1, 0.15) is 5.52 Å². The van der Waals surface area contributed by atoms with E-state index in [4.69, 9.17) is 13.9 Å². The molecule has 2 heterocycles. The number of fused-ring (bicyclic) bond motifs is 2. The van der Waals surface area contributed by atoms with Crippen molar-refractivity contribution in [2.24, 2.45) is 0 Å². The largest absolute Gasteiger partial charge is 0.454 e. The summed E-state index contributed by atoms with van der Waals surface area (Å²) in [6, 6.07) is 19.8. The number of ether oxygens (including phenoxy) is 2. The number of carbonyl (C=O) groups excluding carboxylic acids is 1. The average Bonchev–Trinajstić information content (AvgIpc) is 3.34. The Kier molecular flexibility index (Phi) is 3.83. The van der Waals surface area contributed by atoms with E-state index in [9.17, 15) is 4.79 Å². The minimum absolute atomic E-state index is 0.192. The maximum atomic E-state index is 12.2. The van der Waals surface area contributed by atoms with E-state index in [0.29, 0.717) is 28.8 Å². The zero-order valence-electron chi connectivity index (χ0n) is 14.6. The molecule has 0 saturated heterocycles. The van der Waals surface area contributed by atoms with E-state index < -0.39 is 0 Å². The molecule has 0 bridgehead atoms. The fraction of sp³-hybridized carbons (Fsp3) is 0.0476. The Labute approximate surface area is 159 Å². The van der Waals surface area contributed by atoms with Crippen LogP contribution in [-0.4, -0.2) is 17.8 Å². The Morgan fingerprint density at radius 3 is 2.46 bits per heavy atom. The number of benzene rings is 3. The molecule has 2 N–H and O–H groups in total. The van der Waals surface area contributed by atoms with E-state index in [0.717, 1.165) is 16.7 Å². The second-order valence-corrected chi connectivity index (χ2v) is 6.21. The Morgan fingerprint density at radius 1 is 0.857 bits per heavy atom. The minimum Gasteiger partial charge on any atom is -0.454 e. The first kappa shape index (κ1) is 16.2. The molecule has 1 aliphatic rings. The Morgan fingerprint density at radius 2 is 1.61 bits per heavy atom. The molecule has 7 nitrogen and oxygen atoms in total. The van der Waals surface area contributed by atoms with Gasteiger partial charge in [-0.15, -0.1) is 0 Å². The summed E-state index contributed by atoms with van der Waals surface area (Å²) in [5.74, 6) is 1.82. The van der Waals surface area contributed by atoms with Gasteiger partial charge in [0.15, 0.2) is 17.1 Å². The monoisotopic (exact) mass is 373 g/mol. The van der Waals surface area contributed by atoms with Crippen molar-refractivity contribution in [1.29, 1.82) is 0 Å². The molecule has 0 aliphatic carbocycles. The van der Waals surface area contributed by atoms with Crippen molar-refractivity contribution < 1.29 is 18.7 Å². The van der Waals surface area contributed by atoms with Crippen LogP contribution in [0.15, 0.2) is 71.1 Å². The molecule has 3 aromatic carbocycles. The number of urea groups is 1. The molecule has 0 fully saturated rings. The normalized spacial score (nSPS) is 12.1. The number of anilines is 2. The van der Waals surface area contributed by atoms with Crippen LogP contribution in [0.3, 0.4) is 0 Å². The van der Waals surface area contributed by atoms with Gasteiger partial charge in [-0.3, -0.25) is 0 Å². The highest BCUT2D eigenvalue weighted by Crippen LogP contribution is 2.34. The third kappa shape index (κ3) is 3.09. The lowest BCUT2D eigenvalue weighted by atomic mass is 10.2. The third-order valence-electron chi connectivity index (χ3n) is 4.31. The van der Waals surface area contributed by atoms with E-state index in [-0.39, 0.29) is 12.8 Å². The van der Waals surface area contributed by atoms with Gasteiger partial charge in [-0.2, -0.15) is 0 Å². The van der Waals surface area contributed by atoms with E-state index >= 15 is 0 Å². The Bertz CT molecular complexity index is 1130. The number of hydrogen-bond donors (Lipinski definition) is 2. The van der Waals surface area contributed by atoms with Gasteiger partial charge < -0.3 is 24.5 Å². The molecule has 0 unspecified atom stereocenters. The van der Waals surface area contributed by atoms with Gasteiger partial charge in [0.25, 0.3) is 0 Å². The Balaban J connectivity index is 1.27. The molecule has 0 atom stereocenters. The first-order valence-corrected chi connectivity index (χ1v) is 8.68. The molecule has 7 heteroatoms. The Hall–Kier alpha value is -4.00. The molecule has 138 valence electrons. The molecule has 0 spiro atoms. The van der Waals surface area contributed by atoms with Gasteiger partial charge in [-0.05, 0) is 48.5 Å². The summed E-state index contributed by atoms with van der Waals surface area (Å²) in [7, 11) is 0. The summed E-state index contributed by atoms with van der Waals surface area (Å²) in [4.78, 5) is 16.7. The van der Waals surface area contributed by atoms with Gasteiger partial charge in [-0.25, -0.2) is 9.78 Å². The highest BCUT2D eigenvalue weighted by molar-refractivity contribution is 6.00. The molecule has 4 aromatic rings. The number of carbonyl (C=O) groups is 1. The zero-order valence-corrected chi connectivity index (χ0v) is 14.6. The molecule has 28 heavy (non-hydrogen) atoms. The SMILES string of the molecule is O=C(Nc1ccc(-c2nc3ccccc3o2)cc1)Nc1ccc2c(c1)OCO2. The van der Waals surface area contributed by atoms with Crippen LogP contribution in [0, 0.1) is 0 Å². The van der Waals surface area contributed by atoms with Crippen molar-refractivity contribution in [1.82, 2.24) is 4.98 Å². The molecule has 0 saturated carbocycles. The second kappa shape index (κ2) is 6.62. The number of aromatic nitrogens is 1. The maximum absolute atomic E-state index is 12.2. The average molecular weight is 373 g/mol. The number of nitrogens with one attached hydrogen (secondary N) is 2. The molecule has 2 amide bonds. The quantitative estimate of drug-likeness (QED) is 0.535. The van der Waals surface area contributed by atoms with Crippen molar-refractivity contribution in [2.45, 2.75) is 0 Å². The van der Waals surface area contributed by atoms with Crippen molar-refractivity contribution in [3.63, 3.8) is 0 Å². The fourth-order valence-corrected chi connectivity index (χ4v) is 2.96.